The van der Waals surface area contributed by atoms with Crippen LogP contribution in [-0.4, -0.2) is 29.4 Å². The first kappa shape index (κ1) is 18.0. The van der Waals surface area contributed by atoms with Crippen LogP contribution in [-0.2, 0) is 10.2 Å². The molecule has 128 valence electrons. The summed E-state index contributed by atoms with van der Waals surface area (Å²) in [5, 5.41) is 0. The van der Waals surface area contributed by atoms with Crippen molar-refractivity contribution in [2.24, 2.45) is 17.6 Å². The second-order valence-electron chi connectivity index (χ2n) is 8.02. The molecule has 23 heavy (non-hydrogen) atoms. The van der Waals surface area contributed by atoms with E-state index in [1.165, 1.54) is 11.1 Å². The van der Waals surface area contributed by atoms with Crippen LogP contribution in [0.4, 0.5) is 0 Å². The average Bonchev–Trinajstić information content (AvgIpc) is 3.06. The number of carbonyl (C=O) groups is 1. The largest absolute Gasteiger partial charge is 0.337 e. The van der Waals surface area contributed by atoms with Crippen LogP contribution in [0.1, 0.15) is 51.3 Å². The number of nitrogens with zero attached hydrogens (tertiary/aromatic N) is 1. The maximum absolute atomic E-state index is 13.6. The van der Waals surface area contributed by atoms with E-state index < -0.39 is 5.41 Å². The van der Waals surface area contributed by atoms with Crippen LogP contribution in [0.5, 0.6) is 0 Å². The molecular weight excluding hydrogens is 284 g/mol. The minimum atomic E-state index is -0.448. The lowest BCUT2D eigenvalue weighted by molar-refractivity contribution is -0.139. The van der Waals surface area contributed by atoms with E-state index in [0.717, 1.165) is 12.1 Å². The van der Waals surface area contributed by atoms with Gasteiger partial charge in [-0.2, -0.15) is 0 Å². The van der Waals surface area contributed by atoms with Crippen LogP contribution in [0.2, 0.25) is 0 Å². The van der Waals surface area contributed by atoms with Crippen molar-refractivity contribution in [2.45, 2.75) is 59.4 Å². The Balaban J connectivity index is 2.54. The quantitative estimate of drug-likeness (QED) is 0.925. The highest BCUT2D eigenvalue weighted by atomic mass is 16.2. The van der Waals surface area contributed by atoms with Gasteiger partial charge in [0.05, 0.1) is 5.41 Å². The van der Waals surface area contributed by atoms with Crippen molar-refractivity contribution in [3.63, 3.8) is 0 Å². The van der Waals surface area contributed by atoms with Crippen molar-refractivity contribution in [1.29, 1.82) is 0 Å². The van der Waals surface area contributed by atoms with Gasteiger partial charge in [-0.15, -0.1) is 0 Å². The molecular formula is C20H32N2O. The Kier molecular flexibility index (Phi) is 4.64. The van der Waals surface area contributed by atoms with Gasteiger partial charge in [-0.05, 0) is 76.6 Å². The second kappa shape index (κ2) is 5.94. The number of nitrogens with two attached hydrogens (primary N) is 1. The van der Waals surface area contributed by atoms with Crippen molar-refractivity contribution in [3.05, 3.63) is 34.9 Å². The predicted octanol–water partition coefficient (Wildman–Crippen LogP) is 3.41. The normalized spacial score (nSPS) is 27.0. The highest BCUT2D eigenvalue weighted by Crippen LogP contribution is 2.60. The standard InChI is InChI=1S/C20H32N2O/c1-8-22(19(5,6)7)18(23)20(15(4)17(20)12-21)16-10-9-13(2)14(3)11-16/h9-11,15,17H,8,12,21H2,1-7H3/t15?,17-,20-/m0/s1. The van der Waals surface area contributed by atoms with E-state index in [0.29, 0.717) is 12.5 Å². The lowest BCUT2D eigenvalue weighted by atomic mass is 9.86. The lowest BCUT2D eigenvalue weighted by Gasteiger charge is -2.38. The zero-order valence-corrected chi connectivity index (χ0v) is 15.7. The van der Waals surface area contributed by atoms with E-state index in [2.05, 4.69) is 66.7 Å². The molecule has 1 aromatic carbocycles. The monoisotopic (exact) mass is 316 g/mol. The summed E-state index contributed by atoms with van der Waals surface area (Å²) < 4.78 is 0. The third-order valence-corrected chi connectivity index (χ3v) is 5.76. The summed E-state index contributed by atoms with van der Waals surface area (Å²) in [4.78, 5) is 15.6. The molecule has 1 aromatic rings. The van der Waals surface area contributed by atoms with Crippen LogP contribution in [0.15, 0.2) is 18.2 Å². The van der Waals surface area contributed by atoms with Gasteiger partial charge in [0, 0.05) is 12.1 Å². The molecule has 0 saturated heterocycles. The molecule has 0 radical (unpaired) electrons. The molecule has 1 amide bonds. The Labute approximate surface area is 141 Å². The van der Waals surface area contributed by atoms with Gasteiger partial charge < -0.3 is 10.6 Å². The summed E-state index contributed by atoms with van der Waals surface area (Å²) in [7, 11) is 0. The molecule has 3 heteroatoms. The summed E-state index contributed by atoms with van der Waals surface area (Å²) in [5.41, 5.74) is 9.03. The number of likely N-dealkylation sites (N-methyl/N-ethyl adjacent to an activating group) is 1. The second-order valence-corrected chi connectivity index (χ2v) is 8.02. The van der Waals surface area contributed by atoms with Crippen LogP contribution in [0.25, 0.3) is 0 Å². The summed E-state index contributed by atoms with van der Waals surface area (Å²) >= 11 is 0. The zero-order valence-electron chi connectivity index (χ0n) is 15.7. The van der Waals surface area contributed by atoms with Gasteiger partial charge in [0.1, 0.15) is 0 Å². The maximum Gasteiger partial charge on any atom is 0.234 e. The topological polar surface area (TPSA) is 46.3 Å². The van der Waals surface area contributed by atoms with Gasteiger partial charge in [-0.1, -0.05) is 25.1 Å². The number of hydrogen-bond acceptors (Lipinski definition) is 2. The van der Waals surface area contributed by atoms with E-state index >= 15 is 0 Å². The molecule has 1 aliphatic carbocycles. The number of aryl methyl sites for hydroxylation is 2. The van der Waals surface area contributed by atoms with Crippen molar-refractivity contribution in [2.75, 3.05) is 13.1 Å². The molecule has 3 nitrogen and oxygen atoms in total. The Morgan fingerprint density at radius 3 is 2.26 bits per heavy atom. The van der Waals surface area contributed by atoms with Gasteiger partial charge in [0.15, 0.2) is 0 Å². The van der Waals surface area contributed by atoms with Gasteiger partial charge in [0.2, 0.25) is 5.91 Å². The lowest BCUT2D eigenvalue weighted by Crippen LogP contribution is -2.51. The molecule has 2 rings (SSSR count). The Morgan fingerprint density at radius 2 is 1.87 bits per heavy atom. The van der Waals surface area contributed by atoms with E-state index in [1.54, 1.807) is 0 Å². The Hall–Kier alpha value is -1.35. The minimum Gasteiger partial charge on any atom is -0.337 e. The first-order valence-corrected chi connectivity index (χ1v) is 8.72. The summed E-state index contributed by atoms with van der Waals surface area (Å²) in [5.74, 6) is 0.755. The molecule has 0 aromatic heterocycles. The third kappa shape index (κ3) is 2.69. The molecule has 1 aliphatic rings. The van der Waals surface area contributed by atoms with Crippen molar-refractivity contribution in [3.8, 4) is 0 Å². The van der Waals surface area contributed by atoms with Crippen LogP contribution >= 0.6 is 0 Å². The SMILES string of the molecule is CCN(C(=O)[C@]1(c2ccc(C)c(C)c2)C(C)[C@@H]1CN)C(C)(C)C. The molecule has 1 unspecified atom stereocenters. The number of benzene rings is 1. The minimum absolute atomic E-state index is 0.181. The molecule has 2 N–H and O–H groups in total. The summed E-state index contributed by atoms with van der Waals surface area (Å²) in [6, 6.07) is 6.45. The van der Waals surface area contributed by atoms with Gasteiger partial charge >= 0.3 is 0 Å². The van der Waals surface area contributed by atoms with E-state index in [1.807, 2.05) is 4.90 Å². The molecule has 3 atom stereocenters. The van der Waals surface area contributed by atoms with E-state index in [-0.39, 0.29) is 17.4 Å². The first-order valence-electron chi connectivity index (χ1n) is 8.72. The van der Waals surface area contributed by atoms with Crippen LogP contribution < -0.4 is 5.73 Å². The molecule has 1 fully saturated rings. The number of amides is 1. The summed E-state index contributed by atoms with van der Waals surface area (Å²) in [6.07, 6.45) is 0. The van der Waals surface area contributed by atoms with Gasteiger partial charge in [-0.25, -0.2) is 0 Å². The van der Waals surface area contributed by atoms with Crippen molar-refractivity contribution in [1.82, 2.24) is 4.90 Å². The van der Waals surface area contributed by atoms with Crippen LogP contribution in [0.3, 0.4) is 0 Å². The fourth-order valence-corrected chi connectivity index (χ4v) is 4.14. The zero-order chi connectivity index (χ0) is 17.6. The highest BCUT2D eigenvalue weighted by molar-refractivity contribution is 5.93. The number of hydrogen-bond donors (Lipinski definition) is 1. The van der Waals surface area contributed by atoms with Gasteiger partial charge in [-0.3, -0.25) is 4.79 Å². The van der Waals surface area contributed by atoms with Crippen molar-refractivity contribution < 1.29 is 4.79 Å². The molecule has 1 saturated carbocycles. The molecule has 0 spiro atoms. The number of carbonyl (C=O) groups excluding carboxylic acids is 1. The average molecular weight is 316 g/mol. The maximum atomic E-state index is 13.6. The molecule has 0 aliphatic heterocycles. The highest BCUT2D eigenvalue weighted by Gasteiger charge is 2.68. The Bertz CT molecular complexity index is 602. The van der Waals surface area contributed by atoms with Crippen LogP contribution in [0, 0.1) is 25.7 Å². The first-order chi connectivity index (χ1) is 10.6. The molecule has 0 bridgehead atoms. The smallest absolute Gasteiger partial charge is 0.234 e. The predicted molar refractivity (Wildman–Crippen MR) is 96.4 cm³/mol. The molecule has 0 heterocycles. The Morgan fingerprint density at radius 1 is 1.26 bits per heavy atom. The third-order valence-electron chi connectivity index (χ3n) is 5.76. The van der Waals surface area contributed by atoms with E-state index in [9.17, 15) is 4.79 Å². The fraction of sp³-hybridized carbons (Fsp3) is 0.650. The number of rotatable bonds is 4. The van der Waals surface area contributed by atoms with Gasteiger partial charge in [0.25, 0.3) is 0 Å². The van der Waals surface area contributed by atoms with Crippen molar-refractivity contribution >= 4 is 5.91 Å². The fourth-order valence-electron chi connectivity index (χ4n) is 4.14. The summed E-state index contributed by atoms with van der Waals surface area (Å²) in [6.45, 7) is 16.0. The van der Waals surface area contributed by atoms with E-state index in [4.69, 9.17) is 5.73 Å².